The first-order valence-electron chi connectivity index (χ1n) is 13.3. The Balaban J connectivity index is 1.53. The van der Waals surface area contributed by atoms with Gasteiger partial charge < -0.3 is 24.2 Å². The zero-order valence-corrected chi connectivity index (χ0v) is 23.1. The molecule has 4 aromatic rings. The molecule has 0 bridgehead atoms. The van der Waals surface area contributed by atoms with Gasteiger partial charge in [0.2, 0.25) is 5.43 Å². The second-order valence-electron chi connectivity index (χ2n) is 10.00. The van der Waals surface area contributed by atoms with Gasteiger partial charge in [-0.1, -0.05) is 12.1 Å². The quantitative estimate of drug-likeness (QED) is 0.302. The van der Waals surface area contributed by atoms with Gasteiger partial charge >= 0.3 is 6.16 Å². The SMILES string of the molecule is CCOC(=O)Oc1cn(-c2ccc(CN(C)C)cc2)c2nc(N3CCN(c4ccc(F)cc4)CC3)c(F)cc2c1=O. The van der Waals surface area contributed by atoms with Crippen LogP contribution in [0.2, 0.25) is 0 Å². The number of carbonyl (C=O) groups is 1. The summed E-state index contributed by atoms with van der Waals surface area (Å²) in [5.41, 5.74) is 2.17. The minimum Gasteiger partial charge on any atom is -0.434 e. The van der Waals surface area contributed by atoms with Gasteiger partial charge in [0.1, 0.15) is 5.82 Å². The van der Waals surface area contributed by atoms with E-state index in [2.05, 4.69) is 9.88 Å². The van der Waals surface area contributed by atoms with Crippen LogP contribution in [0.4, 0.5) is 25.1 Å². The molecule has 0 atom stereocenters. The number of benzene rings is 2. The Morgan fingerprint density at radius 1 is 0.951 bits per heavy atom. The number of nitrogens with zero attached hydrogens (tertiary/aromatic N) is 5. The van der Waals surface area contributed by atoms with Crippen molar-refractivity contribution in [1.82, 2.24) is 14.5 Å². The van der Waals surface area contributed by atoms with Crippen LogP contribution < -0.4 is 20.0 Å². The second kappa shape index (κ2) is 11.9. The van der Waals surface area contributed by atoms with E-state index in [0.29, 0.717) is 31.9 Å². The average Bonchev–Trinajstić information content (AvgIpc) is 2.95. The molecular formula is C30H31F2N5O4. The fourth-order valence-electron chi connectivity index (χ4n) is 4.87. The van der Waals surface area contributed by atoms with Crippen LogP contribution in [-0.4, -0.2) is 67.5 Å². The maximum atomic E-state index is 15.5. The highest BCUT2D eigenvalue weighted by Gasteiger charge is 2.24. The lowest BCUT2D eigenvalue weighted by Crippen LogP contribution is -2.47. The van der Waals surface area contributed by atoms with Crippen LogP contribution in [-0.2, 0) is 11.3 Å². The molecular weight excluding hydrogens is 532 g/mol. The summed E-state index contributed by atoms with van der Waals surface area (Å²) in [5, 5.41) is -0.0321. The van der Waals surface area contributed by atoms with Crippen molar-refractivity contribution in [2.24, 2.45) is 0 Å². The number of hydrogen-bond acceptors (Lipinski definition) is 8. The van der Waals surface area contributed by atoms with E-state index >= 15 is 4.39 Å². The number of anilines is 2. The van der Waals surface area contributed by atoms with Gasteiger partial charge in [-0.05, 0) is 69.0 Å². The molecule has 0 aliphatic carbocycles. The van der Waals surface area contributed by atoms with E-state index in [0.717, 1.165) is 23.9 Å². The lowest BCUT2D eigenvalue weighted by Gasteiger charge is -2.37. The van der Waals surface area contributed by atoms with E-state index in [9.17, 15) is 14.0 Å². The topological polar surface area (TPSA) is 80.1 Å². The molecule has 11 heteroatoms. The Kier molecular flexibility index (Phi) is 8.16. The van der Waals surface area contributed by atoms with Crippen molar-refractivity contribution >= 4 is 28.7 Å². The number of carbonyl (C=O) groups excluding carboxylic acids is 1. The summed E-state index contributed by atoms with van der Waals surface area (Å²) in [6.07, 6.45) is 0.352. The molecule has 1 saturated heterocycles. The Morgan fingerprint density at radius 2 is 1.59 bits per heavy atom. The van der Waals surface area contributed by atoms with E-state index in [1.807, 2.05) is 48.2 Å². The van der Waals surface area contributed by atoms with E-state index in [-0.39, 0.29) is 35.0 Å². The highest BCUT2D eigenvalue weighted by Crippen LogP contribution is 2.27. The van der Waals surface area contributed by atoms with Crippen molar-refractivity contribution in [2.75, 3.05) is 56.7 Å². The molecule has 2 aromatic heterocycles. The highest BCUT2D eigenvalue weighted by molar-refractivity contribution is 5.81. The van der Waals surface area contributed by atoms with Crippen molar-refractivity contribution in [2.45, 2.75) is 13.5 Å². The van der Waals surface area contributed by atoms with Gasteiger partial charge in [-0.25, -0.2) is 18.6 Å². The Hall–Kier alpha value is -4.51. The zero-order valence-electron chi connectivity index (χ0n) is 23.1. The zero-order chi connectivity index (χ0) is 29.1. The molecule has 1 aliphatic rings. The molecule has 0 saturated carbocycles. The molecule has 1 aliphatic heterocycles. The molecule has 9 nitrogen and oxygen atoms in total. The molecule has 0 radical (unpaired) electrons. The number of fused-ring (bicyclic) bond motifs is 1. The Bertz CT molecular complexity index is 1600. The third kappa shape index (κ3) is 6.14. The largest absolute Gasteiger partial charge is 0.514 e. The highest BCUT2D eigenvalue weighted by atomic mass is 19.1. The van der Waals surface area contributed by atoms with Crippen LogP contribution in [0.3, 0.4) is 0 Å². The van der Waals surface area contributed by atoms with E-state index in [1.54, 1.807) is 23.6 Å². The number of piperazine rings is 1. The summed E-state index contributed by atoms with van der Waals surface area (Å²) < 4.78 is 40.5. The number of hydrogen-bond donors (Lipinski definition) is 0. The van der Waals surface area contributed by atoms with Crippen LogP contribution in [0.25, 0.3) is 16.7 Å². The van der Waals surface area contributed by atoms with Crippen molar-refractivity contribution in [3.8, 4) is 11.4 Å². The fraction of sp³-hybridized carbons (Fsp3) is 0.300. The van der Waals surface area contributed by atoms with Gasteiger partial charge in [0.05, 0.1) is 18.2 Å². The first-order chi connectivity index (χ1) is 19.7. The summed E-state index contributed by atoms with van der Waals surface area (Å²) in [6, 6.07) is 15.0. The molecule has 214 valence electrons. The minimum absolute atomic E-state index is 0.0321. The first kappa shape index (κ1) is 28.0. The summed E-state index contributed by atoms with van der Waals surface area (Å²) >= 11 is 0. The third-order valence-corrected chi connectivity index (χ3v) is 6.82. The summed E-state index contributed by atoms with van der Waals surface area (Å²) in [6.45, 7) is 4.53. The molecule has 0 N–H and O–H groups in total. The molecule has 41 heavy (non-hydrogen) atoms. The number of rotatable bonds is 7. The van der Waals surface area contributed by atoms with Crippen molar-refractivity contribution in [1.29, 1.82) is 0 Å². The normalized spacial score (nSPS) is 13.6. The standard InChI is InChI=1S/C30H31F2N5O4/c1-4-40-30(39)41-26-19-37(23-9-5-20(6-10-23)18-34(2)3)28-24(27(26)38)17-25(32)29(33-28)36-15-13-35(14-16-36)22-11-7-21(31)8-12-22/h5-12,17,19H,4,13-16,18H2,1-3H3. The maximum absolute atomic E-state index is 15.5. The second-order valence-corrected chi connectivity index (χ2v) is 10.00. The van der Waals surface area contributed by atoms with Crippen molar-refractivity contribution in [3.63, 3.8) is 0 Å². The van der Waals surface area contributed by atoms with Gasteiger partial charge in [0.25, 0.3) is 0 Å². The van der Waals surface area contributed by atoms with Crippen LogP contribution >= 0.6 is 0 Å². The molecule has 3 heterocycles. The maximum Gasteiger partial charge on any atom is 0.514 e. The monoisotopic (exact) mass is 563 g/mol. The van der Waals surface area contributed by atoms with Gasteiger partial charge in [0.15, 0.2) is 23.0 Å². The van der Waals surface area contributed by atoms with Crippen LogP contribution in [0, 0.1) is 11.6 Å². The average molecular weight is 564 g/mol. The van der Waals surface area contributed by atoms with Crippen LogP contribution in [0.15, 0.2) is 65.6 Å². The van der Waals surface area contributed by atoms with E-state index in [4.69, 9.17) is 9.47 Å². The molecule has 0 amide bonds. The molecule has 0 spiro atoms. The van der Waals surface area contributed by atoms with Crippen molar-refractivity contribution < 1.29 is 23.0 Å². The first-order valence-corrected chi connectivity index (χ1v) is 13.3. The van der Waals surface area contributed by atoms with Gasteiger partial charge in [-0.3, -0.25) is 9.36 Å². The lowest BCUT2D eigenvalue weighted by atomic mass is 10.1. The van der Waals surface area contributed by atoms with E-state index < -0.39 is 17.4 Å². The number of aromatic nitrogens is 2. The molecule has 5 rings (SSSR count). The lowest BCUT2D eigenvalue weighted by molar-refractivity contribution is 0.104. The van der Waals surface area contributed by atoms with Crippen LogP contribution in [0.1, 0.15) is 12.5 Å². The summed E-state index contributed by atoms with van der Waals surface area (Å²) in [5.74, 6) is -1.14. The predicted octanol–water partition coefficient (Wildman–Crippen LogP) is 4.59. The van der Waals surface area contributed by atoms with Crippen molar-refractivity contribution in [3.05, 3.63) is 88.2 Å². The number of pyridine rings is 2. The van der Waals surface area contributed by atoms with Crippen LogP contribution in [0.5, 0.6) is 5.75 Å². The fourth-order valence-corrected chi connectivity index (χ4v) is 4.87. The summed E-state index contributed by atoms with van der Waals surface area (Å²) in [4.78, 5) is 35.9. The number of halogens is 2. The molecule has 1 fully saturated rings. The van der Waals surface area contributed by atoms with E-state index in [1.165, 1.54) is 18.3 Å². The smallest absolute Gasteiger partial charge is 0.434 e. The Labute approximate surface area is 236 Å². The van der Waals surface area contributed by atoms with Gasteiger partial charge in [-0.2, -0.15) is 0 Å². The minimum atomic E-state index is -1.03. The molecule has 0 unspecified atom stereocenters. The molecule has 2 aromatic carbocycles. The van der Waals surface area contributed by atoms with Gasteiger partial charge in [-0.15, -0.1) is 0 Å². The van der Waals surface area contributed by atoms with Gasteiger partial charge in [0, 0.05) is 44.1 Å². The number of ether oxygens (including phenoxy) is 2. The predicted molar refractivity (Wildman–Crippen MR) is 153 cm³/mol. The summed E-state index contributed by atoms with van der Waals surface area (Å²) in [7, 11) is 3.95. The third-order valence-electron chi connectivity index (χ3n) is 6.82. The Morgan fingerprint density at radius 3 is 2.22 bits per heavy atom.